The molecule has 5 nitrogen and oxygen atoms in total. The van der Waals surface area contributed by atoms with E-state index in [4.69, 9.17) is 4.74 Å². The zero-order valence-corrected chi connectivity index (χ0v) is 13.7. The predicted molar refractivity (Wildman–Crippen MR) is 78.3 cm³/mol. The van der Waals surface area contributed by atoms with Gasteiger partial charge in [0, 0.05) is 31.6 Å². The van der Waals surface area contributed by atoms with Crippen LogP contribution in [0.15, 0.2) is 0 Å². The molecule has 0 N–H and O–H groups in total. The van der Waals surface area contributed by atoms with Gasteiger partial charge in [-0.3, -0.25) is 9.59 Å². The van der Waals surface area contributed by atoms with Crippen LogP contribution in [0.3, 0.4) is 0 Å². The zero-order valence-electron chi connectivity index (χ0n) is 13.7. The van der Waals surface area contributed by atoms with Crippen LogP contribution in [0.5, 0.6) is 0 Å². The van der Waals surface area contributed by atoms with Gasteiger partial charge in [0.1, 0.15) is 0 Å². The molecule has 0 aromatic rings. The molecule has 116 valence electrons. The first-order chi connectivity index (χ1) is 9.07. The Morgan fingerprint density at radius 1 is 1.20 bits per heavy atom. The topological polar surface area (TPSA) is 49.9 Å². The molecule has 0 unspecified atom stereocenters. The van der Waals surface area contributed by atoms with Crippen molar-refractivity contribution in [3.05, 3.63) is 0 Å². The van der Waals surface area contributed by atoms with Crippen LogP contribution in [0.25, 0.3) is 0 Å². The van der Waals surface area contributed by atoms with Gasteiger partial charge in [0.15, 0.2) is 0 Å². The lowest BCUT2D eigenvalue weighted by Gasteiger charge is -2.47. The molecular formula is C15H28N2O3. The van der Waals surface area contributed by atoms with Crippen molar-refractivity contribution in [2.45, 2.75) is 46.1 Å². The van der Waals surface area contributed by atoms with E-state index < -0.39 is 0 Å². The van der Waals surface area contributed by atoms with Gasteiger partial charge in [0.05, 0.1) is 13.5 Å². The fourth-order valence-corrected chi connectivity index (χ4v) is 2.89. The van der Waals surface area contributed by atoms with Gasteiger partial charge in [-0.05, 0) is 26.3 Å². The SMILES string of the molecule is COC(=O)CC(C)(C)CC(=O)N1CCN(C)CC1(C)C. The van der Waals surface area contributed by atoms with Crippen molar-refractivity contribution in [1.82, 2.24) is 9.80 Å². The average molecular weight is 284 g/mol. The van der Waals surface area contributed by atoms with Crippen LogP contribution in [0.2, 0.25) is 0 Å². The summed E-state index contributed by atoms with van der Waals surface area (Å²) in [7, 11) is 3.45. The first-order valence-corrected chi connectivity index (χ1v) is 7.13. The zero-order chi connectivity index (χ0) is 15.6. The number of esters is 1. The fraction of sp³-hybridized carbons (Fsp3) is 0.867. The highest BCUT2D eigenvalue weighted by molar-refractivity contribution is 5.79. The van der Waals surface area contributed by atoms with E-state index in [-0.39, 0.29) is 29.3 Å². The first kappa shape index (κ1) is 17.0. The second-order valence-corrected chi connectivity index (χ2v) is 7.19. The Morgan fingerprint density at radius 3 is 2.30 bits per heavy atom. The number of hydrogen-bond donors (Lipinski definition) is 0. The predicted octanol–water partition coefficient (Wildman–Crippen LogP) is 1.52. The molecule has 0 saturated carbocycles. The van der Waals surface area contributed by atoms with Crippen LogP contribution < -0.4 is 0 Å². The molecule has 1 heterocycles. The van der Waals surface area contributed by atoms with Crippen molar-refractivity contribution in [3.63, 3.8) is 0 Å². The van der Waals surface area contributed by atoms with Gasteiger partial charge in [-0.1, -0.05) is 13.8 Å². The monoisotopic (exact) mass is 284 g/mol. The fourth-order valence-electron chi connectivity index (χ4n) is 2.89. The van der Waals surface area contributed by atoms with E-state index in [1.165, 1.54) is 7.11 Å². The quantitative estimate of drug-likeness (QED) is 0.734. The Labute approximate surface area is 122 Å². The lowest BCUT2D eigenvalue weighted by molar-refractivity contribution is -0.146. The summed E-state index contributed by atoms with van der Waals surface area (Å²) in [5.74, 6) is -0.141. The molecule has 5 heteroatoms. The van der Waals surface area contributed by atoms with Gasteiger partial charge >= 0.3 is 5.97 Å². The van der Waals surface area contributed by atoms with E-state index in [2.05, 4.69) is 25.8 Å². The normalized spacial score (nSPS) is 19.8. The Balaban J connectivity index is 2.68. The van der Waals surface area contributed by atoms with Crippen molar-refractivity contribution in [2.75, 3.05) is 33.8 Å². The minimum Gasteiger partial charge on any atom is -0.469 e. The van der Waals surface area contributed by atoms with Crippen molar-refractivity contribution >= 4 is 11.9 Å². The minimum absolute atomic E-state index is 0.122. The summed E-state index contributed by atoms with van der Waals surface area (Å²) in [5.41, 5.74) is -0.533. The second kappa shape index (κ2) is 6.12. The van der Waals surface area contributed by atoms with Gasteiger partial charge in [0.2, 0.25) is 5.91 Å². The van der Waals surface area contributed by atoms with Gasteiger partial charge in [-0.15, -0.1) is 0 Å². The molecule has 1 aliphatic heterocycles. The summed E-state index contributed by atoms with van der Waals surface area (Å²) >= 11 is 0. The Bertz CT molecular complexity index is 377. The van der Waals surface area contributed by atoms with Crippen molar-refractivity contribution in [1.29, 1.82) is 0 Å². The molecule has 1 rings (SSSR count). The summed E-state index contributed by atoms with van der Waals surface area (Å²) in [6.07, 6.45) is 0.638. The number of hydrogen-bond acceptors (Lipinski definition) is 4. The van der Waals surface area contributed by atoms with E-state index in [1.807, 2.05) is 18.7 Å². The van der Waals surface area contributed by atoms with E-state index in [1.54, 1.807) is 0 Å². The first-order valence-electron chi connectivity index (χ1n) is 7.13. The molecule has 0 bridgehead atoms. The lowest BCUT2D eigenvalue weighted by Crippen LogP contribution is -2.60. The third-order valence-corrected chi connectivity index (χ3v) is 3.87. The molecule has 0 atom stereocenters. The van der Waals surface area contributed by atoms with E-state index in [0.717, 1.165) is 19.6 Å². The molecule has 1 aliphatic rings. The molecule has 1 saturated heterocycles. The third-order valence-electron chi connectivity index (χ3n) is 3.87. The Kier molecular flexibility index (Phi) is 5.19. The second-order valence-electron chi connectivity index (χ2n) is 7.19. The summed E-state index contributed by atoms with van der Waals surface area (Å²) in [4.78, 5) is 28.2. The van der Waals surface area contributed by atoms with Gasteiger partial charge < -0.3 is 14.5 Å². The number of amides is 1. The number of carbonyl (C=O) groups is 2. The third kappa shape index (κ3) is 4.47. The smallest absolute Gasteiger partial charge is 0.306 e. The van der Waals surface area contributed by atoms with Crippen LogP contribution >= 0.6 is 0 Å². The van der Waals surface area contributed by atoms with Gasteiger partial charge in [0.25, 0.3) is 0 Å². The maximum atomic E-state index is 12.6. The largest absolute Gasteiger partial charge is 0.469 e. The van der Waals surface area contributed by atoms with Crippen molar-refractivity contribution < 1.29 is 14.3 Å². The Hall–Kier alpha value is -1.10. The number of likely N-dealkylation sites (N-methyl/N-ethyl adjacent to an activating group) is 1. The van der Waals surface area contributed by atoms with Gasteiger partial charge in [-0.2, -0.15) is 0 Å². The molecule has 0 spiro atoms. The molecule has 1 fully saturated rings. The number of nitrogens with zero attached hydrogens (tertiary/aromatic N) is 2. The maximum absolute atomic E-state index is 12.6. The average Bonchev–Trinajstić information content (AvgIpc) is 2.25. The maximum Gasteiger partial charge on any atom is 0.306 e. The number of piperazine rings is 1. The molecule has 0 aromatic heterocycles. The van der Waals surface area contributed by atoms with Gasteiger partial charge in [-0.25, -0.2) is 0 Å². The minimum atomic E-state index is -0.371. The Morgan fingerprint density at radius 2 is 1.80 bits per heavy atom. The van der Waals surface area contributed by atoms with Crippen LogP contribution in [-0.2, 0) is 14.3 Å². The van der Waals surface area contributed by atoms with Crippen LogP contribution in [0, 0.1) is 5.41 Å². The summed E-state index contributed by atoms with van der Waals surface area (Å²) < 4.78 is 4.70. The van der Waals surface area contributed by atoms with Crippen LogP contribution in [0.4, 0.5) is 0 Å². The molecule has 0 aromatic carbocycles. The molecule has 20 heavy (non-hydrogen) atoms. The van der Waals surface area contributed by atoms with E-state index in [9.17, 15) is 9.59 Å². The van der Waals surface area contributed by atoms with Crippen LogP contribution in [0.1, 0.15) is 40.5 Å². The number of carbonyl (C=O) groups excluding carboxylic acids is 2. The molecule has 1 amide bonds. The molecular weight excluding hydrogens is 256 g/mol. The molecule has 0 radical (unpaired) electrons. The highest BCUT2D eigenvalue weighted by atomic mass is 16.5. The lowest BCUT2D eigenvalue weighted by atomic mass is 9.84. The standard InChI is InChI=1S/C15H28N2O3/c1-14(2,10-13(19)20-6)9-12(18)17-8-7-16(5)11-15(17,3)4/h7-11H2,1-6H3. The number of rotatable bonds is 4. The summed E-state index contributed by atoms with van der Waals surface area (Å²) in [6.45, 7) is 10.6. The number of methoxy groups -OCH3 is 1. The number of ether oxygens (including phenoxy) is 1. The summed E-state index contributed by atoms with van der Waals surface area (Å²) in [5, 5.41) is 0. The van der Waals surface area contributed by atoms with Crippen LogP contribution in [-0.4, -0.2) is 61.0 Å². The highest BCUT2D eigenvalue weighted by Gasteiger charge is 2.37. The van der Waals surface area contributed by atoms with E-state index >= 15 is 0 Å². The van der Waals surface area contributed by atoms with Crippen molar-refractivity contribution in [2.24, 2.45) is 5.41 Å². The summed E-state index contributed by atoms with van der Waals surface area (Å²) in [6, 6.07) is 0. The highest BCUT2D eigenvalue weighted by Crippen LogP contribution is 2.29. The van der Waals surface area contributed by atoms with Crippen molar-refractivity contribution in [3.8, 4) is 0 Å². The molecule has 0 aliphatic carbocycles. The van der Waals surface area contributed by atoms with E-state index in [0.29, 0.717) is 6.42 Å².